The number of aliphatic carboxylic acids is 1. The molecule has 0 saturated heterocycles. The van der Waals surface area contributed by atoms with E-state index in [-0.39, 0.29) is 5.25 Å². The van der Waals surface area contributed by atoms with Crippen LogP contribution in [0.2, 0.25) is 0 Å². The van der Waals surface area contributed by atoms with Crippen LogP contribution in [-0.4, -0.2) is 27.9 Å². The second kappa shape index (κ2) is 5.29. The molecule has 1 rings (SSSR count). The minimum atomic E-state index is -0.958. The molecule has 17 heavy (non-hydrogen) atoms. The van der Waals surface area contributed by atoms with Crippen molar-refractivity contribution in [2.45, 2.75) is 50.9 Å². The lowest BCUT2D eigenvalue weighted by molar-refractivity contribution is -0.168. The van der Waals surface area contributed by atoms with E-state index >= 15 is 0 Å². The first-order valence-corrected chi connectivity index (χ1v) is 6.38. The van der Waals surface area contributed by atoms with Gasteiger partial charge in [-0.25, -0.2) is 0 Å². The Bertz CT molecular complexity index is 308. The number of carbonyl (C=O) groups excluding carboxylic acids is 1. The smallest absolute Gasteiger partial charge is 0.310 e. The maximum Gasteiger partial charge on any atom is 0.310 e. The number of carbonyl (C=O) groups is 2. The van der Waals surface area contributed by atoms with Crippen molar-refractivity contribution in [3.05, 3.63) is 0 Å². The highest BCUT2D eigenvalue weighted by atomic mass is 32.1. The monoisotopic (exact) mass is 260 g/mol. The number of rotatable bonds is 2. The van der Waals surface area contributed by atoms with Crippen LogP contribution >= 0.6 is 12.6 Å². The van der Waals surface area contributed by atoms with E-state index in [2.05, 4.69) is 12.6 Å². The number of hydrogen-bond donors (Lipinski definition) is 2. The molecule has 98 valence electrons. The molecule has 0 aromatic carbocycles. The molecule has 0 aromatic rings. The molecule has 1 saturated carbocycles. The molecule has 0 bridgehead atoms. The van der Waals surface area contributed by atoms with E-state index in [0.29, 0.717) is 6.42 Å². The van der Waals surface area contributed by atoms with Crippen LogP contribution < -0.4 is 0 Å². The normalized spacial score (nSPS) is 29.8. The second-order valence-corrected chi connectivity index (χ2v) is 6.17. The van der Waals surface area contributed by atoms with E-state index in [0.717, 1.165) is 12.8 Å². The molecule has 0 radical (unpaired) electrons. The zero-order valence-corrected chi connectivity index (χ0v) is 11.4. The van der Waals surface area contributed by atoms with Crippen LogP contribution in [0.3, 0.4) is 0 Å². The Hall–Kier alpha value is -0.710. The Kier molecular flexibility index (Phi) is 4.47. The topological polar surface area (TPSA) is 63.6 Å². The number of hydrogen-bond acceptors (Lipinski definition) is 4. The Labute approximate surface area is 107 Å². The molecule has 1 aliphatic carbocycles. The van der Waals surface area contributed by atoms with Gasteiger partial charge in [0.25, 0.3) is 0 Å². The summed E-state index contributed by atoms with van der Waals surface area (Å²) in [6.07, 6.45) is 2.13. The molecule has 1 fully saturated rings. The third-order valence-electron chi connectivity index (χ3n) is 2.86. The largest absolute Gasteiger partial charge is 0.481 e. The van der Waals surface area contributed by atoms with Gasteiger partial charge in [0.05, 0.1) is 11.8 Å². The lowest BCUT2D eigenvalue weighted by atomic mass is 9.78. The lowest BCUT2D eigenvalue weighted by Gasteiger charge is -2.33. The van der Waals surface area contributed by atoms with Gasteiger partial charge >= 0.3 is 11.9 Å². The minimum absolute atomic E-state index is 0.265. The van der Waals surface area contributed by atoms with Crippen LogP contribution in [0, 0.1) is 11.8 Å². The Morgan fingerprint density at radius 1 is 1.29 bits per heavy atom. The van der Waals surface area contributed by atoms with Gasteiger partial charge in [-0.15, -0.1) is 0 Å². The van der Waals surface area contributed by atoms with E-state index < -0.39 is 29.4 Å². The van der Waals surface area contributed by atoms with Crippen LogP contribution in [0.5, 0.6) is 0 Å². The fourth-order valence-corrected chi connectivity index (χ4v) is 2.67. The Morgan fingerprint density at radius 3 is 2.35 bits per heavy atom. The predicted molar refractivity (Wildman–Crippen MR) is 67.1 cm³/mol. The third kappa shape index (κ3) is 3.91. The molecule has 3 atom stereocenters. The van der Waals surface area contributed by atoms with Gasteiger partial charge in [-0.2, -0.15) is 12.6 Å². The molecule has 0 aromatic heterocycles. The number of carboxylic acid groups (broad SMARTS) is 1. The maximum absolute atomic E-state index is 12.0. The minimum Gasteiger partial charge on any atom is -0.481 e. The van der Waals surface area contributed by atoms with Gasteiger partial charge < -0.3 is 9.84 Å². The van der Waals surface area contributed by atoms with Crippen LogP contribution in [0.15, 0.2) is 0 Å². The number of thiol groups is 1. The standard InChI is InChI=1S/C12H20O4S/c1-12(2,3)16-11(15)7-5-4-6-8(17)9(7)10(13)14/h7-9,17H,4-6H2,1-3H3,(H,13,14). The average Bonchev–Trinajstić information content (AvgIpc) is 2.13. The molecule has 4 nitrogen and oxygen atoms in total. The van der Waals surface area contributed by atoms with E-state index in [1.165, 1.54) is 0 Å². The van der Waals surface area contributed by atoms with Gasteiger partial charge in [-0.3, -0.25) is 9.59 Å². The van der Waals surface area contributed by atoms with Crippen molar-refractivity contribution in [3.8, 4) is 0 Å². The summed E-state index contributed by atoms with van der Waals surface area (Å²) in [7, 11) is 0. The molecule has 0 amide bonds. The number of esters is 1. The van der Waals surface area contributed by atoms with Gasteiger partial charge in [0, 0.05) is 5.25 Å². The summed E-state index contributed by atoms with van der Waals surface area (Å²) in [6, 6.07) is 0. The van der Waals surface area contributed by atoms with Gasteiger partial charge in [0.15, 0.2) is 0 Å². The number of ether oxygens (including phenoxy) is 1. The molecular formula is C12H20O4S. The summed E-state index contributed by atoms with van der Waals surface area (Å²) in [4.78, 5) is 23.1. The van der Waals surface area contributed by atoms with E-state index in [1.807, 2.05) is 0 Å². The predicted octanol–water partition coefficient (Wildman–Crippen LogP) is 2.13. The molecule has 0 spiro atoms. The highest BCUT2D eigenvalue weighted by Crippen LogP contribution is 2.35. The van der Waals surface area contributed by atoms with Gasteiger partial charge in [-0.1, -0.05) is 6.42 Å². The first-order chi connectivity index (χ1) is 7.72. The summed E-state index contributed by atoms with van der Waals surface area (Å²) in [5.74, 6) is -2.67. The van der Waals surface area contributed by atoms with E-state index in [9.17, 15) is 9.59 Å². The summed E-state index contributed by atoms with van der Waals surface area (Å²) in [6.45, 7) is 5.34. The Balaban J connectivity index is 2.79. The lowest BCUT2D eigenvalue weighted by Crippen LogP contribution is -2.42. The average molecular weight is 260 g/mol. The molecule has 1 aliphatic rings. The fourth-order valence-electron chi connectivity index (χ4n) is 2.15. The quantitative estimate of drug-likeness (QED) is 0.589. The van der Waals surface area contributed by atoms with Crippen molar-refractivity contribution in [2.24, 2.45) is 11.8 Å². The van der Waals surface area contributed by atoms with Crippen LogP contribution in [-0.2, 0) is 14.3 Å². The van der Waals surface area contributed by atoms with Crippen LogP contribution in [0.1, 0.15) is 40.0 Å². The molecule has 0 aliphatic heterocycles. The highest BCUT2D eigenvalue weighted by Gasteiger charge is 2.42. The van der Waals surface area contributed by atoms with Crippen molar-refractivity contribution in [1.29, 1.82) is 0 Å². The van der Waals surface area contributed by atoms with Crippen LogP contribution in [0.4, 0.5) is 0 Å². The zero-order chi connectivity index (χ0) is 13.2. The van der Waals surface area contributed by atoms with Gasteiger partial charge in [-0.05, 0) is 33.6 Å². The van der Waals surface area contributed by atoms with Crippen molar-refractivity contribution >= 4 is 24.6 Å². The Morgan fingerprint density at radius 2 is 1.88 bits per heavy atom. The molecule has 3 unspecified atom stereocenters. The molecular weight excluding hydrogens is 240 g/mol. The van der Waals surface area contributed by atoms with Gasteiger partial charge in [0.2, 0.25) is 0 Å². The summed E-state index contributed by atoms with van der Waals surface area (Å²) in [5.41, 5.74) is -0.580. The highest BCUT2D eigenvalue weighted by molar-refractivity contribution is 7.81. The van der Waals surface area contributed by atoms with Crippen molar-refractivity contribution in [3.63, 3.8) is 0 Å². The SMILES string of the molecule is CC(C)(C)OC(=O)C1CCCC(S)C1C(=O)O. The summed E-state index contributed by atoms with van der Waals surface area (Å²) < 4.78 is 5.27. The summed E-state index contributed by atoms with van der Waals surface area (Å²) in [5, 5.41) is 8.90. The second-order valence-electron chi connectivity index (χ2n) is 5.50. The van der Waals surface area contributed by atoms with E-state index in [1.54, 1.807) is 20.8 Å². The fraction of sp³-hybridized carbons (Fsp3) is 0.833. The molecule has 1 N–H and O–H groups in total. The van der Waals surface area contributed by atoms with E-state index in [4.69, 9.17) is 9.84 Å². The first kappa shape index (κ1) is 14.4. The zero-order valence-electron chi connectivity index (χ0n) is 10.5. The molecule has 0 heterocycles. The first-order valence-electron chi connectivity index (χ1n) is 5.86. The number of carboxylic acids is 1. The third-order valence-corrected chi connectivity index (χ3v) is 3.44. The van der Waals surface area contributed by atoms with Gasteiger partial charge in [0.1, 0.15) is 5.60 Å². The van der Waals surface area contributed by atoms with Crippen molar-refractivity contribution < 1.29 is 19.4 Å². The van der Waals surface area contributed by atoms with Crippen molar-refractivity contribution in [1.82, 2.24) is 0 Å². The molecule has 5 heteroatoms. The van der Waals surface area contributed by atoms with Crippen molar-refractivity contribution in [2.75, 3.05) is 0 Å². The maximum atomic E-state index is 12.0. The van der Waals surface area contributed by atoms with Crippen LogP contribution in [0.25, 0.3) is 0 Å². The summed E-state index contributed by atoms with van der Waals surface area (Å²) >= 11 is 4.27.